The van der Waals surface area contributed by atoms with Crippen molar-refractivity contribution >= 4 is 23.2 Å². The Hall–Kier alpha value is -1.23. The van der Waals surface area contributed by atoms with Crippen molar-refractivity contribution in [1.29, 1.82) is 0 Å². The van der Waals surface area contributed by atoms with E-state index >= 15 is 0 Å². The van der Waals surface area contributed by atoms with E-state index in [0.29, 0.717) is 11.3 Å². The molecule has 0 spiro atoms. The van der Waals surface area contributed by atoms with Gasteiger partial charge < -0.3 is 5.32 Å². The van der Waals surface area contributed by atoms with Crippen molar-refractivity contribution in [1.82, 2.24) is 14.6 Å². The molecule has 0 bridgehead atoms. The van der Waals surface area contributed by atoms with Gasteiger partial charge in [-0.15, -0.1) is 0 Å². The zero-order valence-corrected chi connectivity index (χ0v) is 11.4. The Kier molecular flexibility index (Phi) is 3.41. The first-order chi connectivity index (χ1) is 8.86. The number of aromatic nitrogens is 3. The third kappa shape index (κ3) is 2.32. The van der Waals surface area contributed by atoms with Gasteiger partial charge in [0, 0.05) is 23.6 Å². The third-order valence-electron chi connectivity index (χ3n) is 3.60. The monoisotopic (exact) mass is 262 g/mol. The summed E-state index contributed by atoms with van der Waals surface area (Å²) in [5.74, 6) is 0.967. The Morgan fingerprint density at radius 1 is 1.33 bits per heavy atom. The van der Waals surface area contributed by atoms with E-state index in [2.05, 4.69) is 21.7 Å². The van der Waals surface area contributed by atoms with Crippen molar-refractivity contribution in [3.63, 3.8) is 0 Å². The van der Waals surface area contributed by atoms with Gasteiger partial charge in [-0.25, -0.2) is 9.50 Å². The van der Waals surface area contributed by atoms with Crippen molar-refractivity contribution in [2.45, 2.75) is 37.0 Å². The molecule has 1 N–H and O–H groups in total. The molecule has 0 aromatic carbocycles. The minimum atomic E-state index is 0.548. The highest BCUT2D eigenvalue weighted by atomic mass is 32.2. The molecule has 2 aromatic heterocycles. The molecule has 2 heterocycles. The number of thioether (sulfide) groups is 1. The molecular weight excluding hydrogens is 244 g/mol. The summed E-state index contributed by atoms with van der Waals surface area (Å²) in [5.41, 5.74) is 0.900. The predicted octanol–water partition coefficient (Wildman–Crippen LogP) is 2.82. The van der Waals surface area contributed by atoms with Gasteiger partial charge >= 0.3 is 0 Å². The van der Waals surface area contributed by atoms with E-state index in [-0.39, 0.29) is 0 Å². The zero-order chi connectivity index (χ0) is 12.4. The fourth-order valence-corrected chi connectivity index (χ4v) is 3.56. The highest BCUT2D eigenvalue weighted by Gasteiger charge is 2.24. The second-order valence-electron chi connectivity index (χ2n) is 4.76. The van der Waals surface area contributed by atoms with Gasteiger partial charge in [0.15, 0.2) is 5.65 Å². The number of fused-ring (bicyclic) bond motifs is 1. The van der Waals surface area contributed by atoms with E-state index < -0.39 is 0 Å². The van der Waals surface area contributed by atoms with E-state index in [1.165, 1.54) is 25.7 Å². The summed E-state index contributed by atoms with van der Waals surface area (Å²) >= 11 is 1.97. The Morgan fingerprint density at radius 3 is 3.11 bits per heavy atom. The number of nitrogens with one attached hydrogen (secondary N) is 1. The van der Waals surface area contributed by atoms with Crippen LogP contribution >= 0.6 is 11.8 Å². The van der Waals surface area contributed by atoms with Gasteiger partial charge in [-0.3, -0.25) is 0 Å². The molecule has 2 atom stereocenters. The maximum absolute atomic E-state index is 4.58. The number of hydrogen-bond donors (Lipinski definition) is 1. The second kappa shape index (κ2) is 5.18. The van der Waals surface area contributed by atoms with Gasteiger partial charge in [0.25, 0.3) is 0 Å². The van der Waals surface area contributed by atoms with E-state index in [1.807, 2.05) is 30.1 Å². The summed E-state index contributed by atoms with van der Waals surface area (Å²) in [6.07, 6.45) is 11.2. The second-order valence-corrected chi connectivity index (χ2v) is 5.83. The molecule has 4 nitrogen and oxygen atoms in total. The highest BCUT2D eigenvalue weighted by molar-refractivity contribution is 7.99. The minimum Gasteiger partial charge on any atom is -0.366 e. The van der Waals surface area contributed by atoms with Crippen LogP contribution in [0.25, 0.3) is 5.65 Å². The van der Waals surface area contributed by atoms with Crippen molar-refractivity contribution < 1.29 is 0 Å². The minimum absolute atomic E-state index is 0.548. The molecule has 0 aliphatic heterocycles. The fraction of sp³-hybridized carbons (Fsp3) is 0.538. The Morgan fingerprint density at radius 2 is 2.22 bits per heavy atom. The van der Waals surface area contributed by atoms with E-state index in [1.54, 1.807) is 10.7 Å². The van der Waals surface area contributed by atoms with Crippen molar-refractivity contribution in [3.05, 3.63) is 24.5 Å². The van der Waals surface area contributed by atoms with Crippen molar-refractivity contribution in [3.8, 4) is 0 Å². The third-order valence-corrected chi connectivity index (χ3v) is 4.77. The summed E-state index contributed by atoms with van der Waals surface area (Å²) in [7, 11) is 0. The van der Waals surface area contributed by atoms with Crippen LogP contribution in [0.5, 0.6) is 0 Å². The van der Waals surface area contributed by atoms with Crippen LogP contribution in [0.15, 0.2) is 24.5 Å². The van der Waals surface area contributed by atoms with Gasteiger partial charge in [-0.2, -0.15) is 16.9 Å². The standard InChI is InChI=1S/C13H18N4S/c1-18-11-5-3-2-4-10(11)15-12-7-9-17-13(16-12)6-8-14-17/h6-11H,2-5H2,1H3,(H,15,16). The maximum Gasteiger partial charge on any atom is 0.157 e. The van der Waals surface area contributed by atoms with Crippen LogP contribution in [0, 0.1) is 0 Å². The van der Waals surface area contributed by atoms with E-state index in [4.69, 9.17) is 0 Å². The largest absolute Gasteiger partial charge is 0.366 e. The molecule has 2 aromatic rings. The summed E-state index contributed by atoms with van der Waals surface area (Å²) in [6.45, 7) is 0. The van der Waals surface area contributed by atoms with E-state index in [0.717, 1.165) is 11.5 Å². The van der Waals surface area contributed by atoms with Crippen molar-refractivity contribution in [2.75, 3.05) is 11.6 Å². The van der Waals surface area contributed by atoms with Crippen LogP contribution in [0.3, 0.4) is 0 Å². The lowest BCUT2D eigenvalue weighted by molar-refractivity contribution is 0.474. The van der Waals surface area contributed by atoms with Gasteiger partial charge in [-0.05, 0) is 25.2 Å². The molecule has 1 aliphatic rings. The lowest BCUT2D eigenvalue weighted by Gasteiger charge is -2.31. The SMILES string of the molecule is CSC1CCCCC1Nc1ccn2nccc2n1. The molecule has 1 saturated carbocycles. The number of nitrogens with zero attached hydrogens (tertiary/aromatic N) is 3. The molecule has 5 heteroatoms. The molecule has 3 rings (SSSR count). The molecule has 1 fully saturated rings. The maximum atomic E-state index is 4.58. The van der Waals surface area contributed by atoms with Crippen LogP contribution in [-0.4, -0.2) is 32.1 Å². The van der Waals surface area contributed by atoms with Gasteiger partial charge in [0.2, 0.25) is 0 Å². The molecule has 0 radical (unpaired) electrons. The Bertz CT molecular complexity index is 524. The highest BCUT2D eigenvalue weighted by Crippen LogP contribution is 2.29. The van der Waals surface area contributed by atoms with Crippen LogP contribution in [0.4, 0.5) is 5.82 Å². The smallest absolute Gasteiger partial charge is 0.157 e. The van der Waals surface area contributed by atoms with Crippen LogP contribution in [0.2, 0.25) is 0 Å². The number of rotatable bonds is 3. The van der Waals surface area contributed by atoms with Crippen LogP contribution < -0.4 is 5.32 Å². The van der Waals surface area contributed by atoms with E-state index in [9.17, 15) is 0 Å². The molecule has 0 saturated heterocycles. The average molecular weight is 262 g/mol. The summed E-state index contributed by atoms with van der Waals surface area (Å²) in [6, 6.07) is 4.48. The first-order valence-electron chi connectivity index (χ1n) is 6.46. The van der Waals surface area contributed by atoms with Gasteiger partial charge in [-0.1, -0.05) is 12.8 Å². The zero-order valence-electron chi connectivity index (χ0n) is 10.5. The lowest BCUT2D eigenvalue weighted by atomic mass is 9.95. The molecule has 0 amide bonds. The number of anilines is 1. The fourth-order valence-electron chi connectivity index (χ4n) is 2.63. The summed E-state index contributed by atoms with van der Waals surface area (Å²) in [5, 5.41) is 8.46. The van der Waals surface area contributed by atoms with Crippen molar-refractivity contribution in [2.24, 2.45) is 0 Å². The summed E-state index contributed by atoms with van der Waals surface area (Å²) < 4.78 is 1.79. The first-order valence-corrected chi connectivity index (χ1v) is 7.75. The molecular formula is C13H18N4S. The summed E-state index contributed by atoms with van der Waals surface area (Å²) in [4.78, 5) is 4.58. The molecule has 18 heavy (non-hydrogen) atoms. The molecule has 1 aliphatic carbocycles. The van der Waals surface area contributed by atoms with Gasteiger partial charge in [0.05, 0.1) is 6.20 Å². The van der Waals surface area contributed by atoms with Crippen LogP contribution in [0.1, 0.15) is 25.7 Å². The Labute approximate surface area is 111 Å². The molecule has 2 unspecified atom stereocenters. The molecule has 96 valence electrons. The quantitative estimate of drug-likeness (QED) is 0.923. The normalized spacial score (nSPS) is 24.3. The Balaban J connectivity index is 1.77. The van der Waals surface area contributed by atoms with Gasteiger partial charge in [0.1, 0.15) is 5.82 Å². The predicted molar refractivity (Wildman–Crippen MR) is 76.2 cm³/mol. The topological polar surface area (TPSA) is 42.2 Å². The average Bonchev–Trinajstić information content (AvgIpc) is 2.87. The number of hydrogen-bond acceptors (Lipinski definition) is 4. The first kappa shape index (κ1) is 11.8. The van der Waals surface area contributed by atoms with Crippen LogP contribution in [-0.2, 0) is 0 Å². The lowest BCUT2D eigenvalue weighted by Crippen LogP contribution is -2.34.